The molecule has 0 bridgehead atoms. The first-order chi connectivity index (χ1) is 23.2. The van der Waals surface area contributed by atoms with Gasteiger partial charge in [0.05, 0.1) is 11.0 Å². The molecule has 0 aliphatic carbocycles. The lowest BCUT2D eigenvalue weighted by Gasteiger charge is -2.17. The summed E-state index contributed by atoms with van der Waals surface area (Å²) in [6, 6.07) is 23.0. The monoisotopic (exact) mass is 518 g/mol. The van der Waals surface area contributed by atoms with Crippen LogP contribution in [0.5, 0.6) is 0 Å². The minimum absolute atomic E-state index is 0.165. The summed E-state index contributed by atoms with van der Waals surface area (Å²) in [5.41, 5.74) is 4.25. The van der Waals surface area contributed by atoms with Gasteiger partial charge in [-0.15, -0.1) is 0 Å². The first kappa shape index (κ1) is 15.3. The average Bonchev–Trinajstić information content (AvgIpc) is 3.67. The highest BCUT2D eigenvalue weighted by Crippen LogP contribution is 2.45. The Hall–Kier alpha value is -5.34. The molecule has 9 aromatic rings. The molecule has 0 atom stereocenters. The second-order valence-corrected chi connectivity index (χ2v) is 9.87. The van der Waals surface area contributed by atoms with E-state index in [2.05, 4.69) is 0 Å². The van der Waals surface area contributed by atoms with E-state index in [4.69, 9.17) is 14.3 Å². The summed E-state index contributed by atoms with van der Waals surface area (Å²) in [7, 11) is 0. The zero-order valence-corrected chi connectivity index (χ0v) is 20.9. The Balaban J connectivity index is 1.54. The number of furan rings is 2. The first-order valence-electron chi connectivity index (χ1n) is 16.9. The van der Waals surface area contributed by atoms with E-state index in [0.717, 1.165) is 21.5 Å². The van der Waals surface area contributed by atoms with Crippen LogP contribution in [-0.4, -0.2) is 0 Å². The molecule has 2 heteroatoms. The van der Waals surface area contributed by atoms with Crippen molar-refractivity contribution < 1.29 is 19.8 Å². The van der Waals surface area contributed by atoms with Gasteiger partial charge in [0.2, 0.25) is 0 Å². The van der Waals surface area contributed by atoms with Crippen molar-refractivity contribution in [2.24, 2.45) is 0 Å². The molecule has 0 aliphatic rings. The zero-order chi connectivity index (χ0) is 33.2. The van der Waals surface area contributed by atoms with Crippen LogP contribution in [0.1, 0.15) is 11.0 Å². The molecule has 0 saturated carbocycles. The van der Waals surface area contributed by atoms with Crippen molar-refractivity contribution in [3.63, 3.8) is 0 Å². The molecule has 186 valence electrons. The summed E-state index contributed by atoms with van der Waals surface area (Å²) >= 11 is 0. The summed E-state index contributed by atoms with van der Waals surface area (Å²) in [6.45, 7) is 0. The third-order valence-electron chi connectivity index (χ3n) is 7.71. The standard InChI is InChI=1S/C38H22O2/c1-2-12-28-27(11-1)37(23-17-19-35-31(21-23)25-9-5-7-15-33(25)39-35)29-13-3-4-14-30(29)38(28)24-18-20-36-32(22-24)26-10-6-8-16-34(26)40-36/h1-22H/i1D,2D,3D,4D,11D,12D,13D,14D. The van der Waals surface area contributed by atoms with Gasteiger partial charge < -0.3 is 8.83 Å². The van der Waals surface area contributed by atoms with Crippen LogP contribution in [0.25, 0.3) is 87.7 Å². The number of para-hydroxylation sites is 2. The normalized spacial score (nSPS) is 14.8. The second-order valence-electron chi connectivity index (χ2n) is 9.87. The molecular formula is C38H22O2. The van der Waals surface area contributed by atoms with E-state index in [0.29, 0.717) is 44.6 Å². The van der Waals surface area contributed by atoms with Crippen molar-refractivity contribution in [1.82, 2.24) is 0 Å². The maximum atomic E-state index is 9.23. The molecule has 2 aromatic heterocycles. The van der Waals surface area contributed by atoms with E-state index in [1.807, 2.05) is 60.7 Å². The van der Waals surface area contributed by atoms with E-state index < -0.39 is 24.2 Å². The molecule has 2 nitrogen and oxygen atoms in total. The van der Waals surface area contributed by atoms with Crippen molar-refractivity contribution in [2.75, 3.05) is 0 Å². The number of benzene rings is 7. The molecule has 0 amide bonds. The Morgan fingerprint density at radius 1 is 0.375 bits per heavy atom. The van der Waals surface area contributed by atoms with Crippen molar-refractivity contribution in [2.45, 2.75) is 0 Å². The van der Waals surface area contributed by atoms with Gasteiger partial charge in [-0.25, -0.2) is 0 Å². The third kappa shape index (κ3) is 2.99. The molecule has 0 aliphatic heterocycles. The summed E-state index contributed by atoms with van der Waals surface area (Å²) in [4.78, 5) is 0. The lowest BCUT2D eigenvalue weighted by atomic mass is 9.85. The molecular weight excluding hydrogens is 488 g/mol. The Kier molecular flexibility index (Phi) is 3.09. The molecule has 9 rings (SSSR count). The Bertz CT molecular complexity index is 2610. The molecule has 0 N–H and O–H groups in total. The maximum Gasteiger partial charge on any atom is 0.135 e. The van der Waals surface area contributed by atoms with Crippen molar-refractivity contribution >= 4 is 65.4 Å². The van der Waals surface area contributed by atoms with Crippen molar-refractivity contribution in [1.29, 1.82) is 0 Å². The van der Waals surface area contributed by atoms with E-state index in [1.165, 1.54) is 0 Å². The van der Waals surface area contributed by atoms with Gasteiger partial charge in [0.15, 0.2) is 0 Å². The van der Waals surface area contributed by atoms with Crippen LogP contribution in [0, 0.1) is 0 Å². The Morgan fingerprint density at radius 2 is 0.750 bits per heavy atom. The predicted octanol–water partition coefficient (Wildman–Crippen LogP) is 11.1. The van der Waals surface area contributed by atoms with E-state index in [1.54, 1.807) is 24.3 Å². The van der Waals surface area contributed by atoms with Gasteiger partial charge in [-0.1, -0.05) is 96.9 Å². The smallest absolute Gasteiger partial charge is 0.135 e. The topological polar surface area (TPSA) is 26.3 Å². The predicted molar refractivity (Wildman–Crippen MR) is 167 cm³/mol. The number of hydrogen-bond acceptors (Lipinski definition) is 2. The summed E-state index contributed by atoms with van der Waals surface area (Å²) in [5.74, 6) is 0. The number of hydrogen-bond donors (Lipinski definition) is 0. The van der Waals surface area contributed by atoms with Crippen LogP contribution in [0.4, 0.5) is 0 Å². The Labute approximate surface area is 240 Å². The average molecular weight is 519 g/mol. The zero-order valence-electron chi connectivity index (χ0n) is 28.9. The van der Waals surface area contributed by atoms with Crippen LogP contribution in [-0.2, 0) is 0 Å². The lowest BCUT2D eigenvalue weighted by Crippen LogP contribution is -1.90. The van der Waals surface area contributed by atoms with Gasteiger partial charge in [-0.05, 0) is 80.2 Å². The number of fused-ring (bicyclic) bond motifs is 8. The van der Waals surface area contributed by atoms with Crippen LogP contribution in [0.2, 0.25) is 0 Å². The van der Waals surface area contributed by atoms with E-state index >= 15 is 0 Å². The molecule has 0 fully saturated rings. The quantitative estimate of drug-likeness (QED) is 0.213. The SMILES string of the molecule is [2H]c1c([2H])c([2H])c2c(-c3ccc4oc5ccccc5c4c3)c3c([2H])c([2H])c([2H])c([2H])c3c(-c3ccc4oc5ccccc5c4c3)c2c1[2H]. The highest BCUT2D eigenvalue weighted by atomic mass is 16.3. The molecule has 40 heavy (non-hydrogen) atoms. The van der Waals surface area contributed by atoms with Crippen molar-refractivity contribution in [3.05, 3.63) is 133 Å². The minimum atomic E-state index is -0.439. The fourth-order valence-corrected chi connectivity index (χ4v) is 5.97. The molecule has 0 unspecified atom stereocenters. The minimum Gasteiger partial charge on any atom is -0.456 e. The molecule has 0 saturated heterocycles. The highest BCUT2D eigenvalue weighted by molar-refractivity contribution is 6.22. The maximum absolute atomic E-state index is 9.23. The molecule has 7 aromatic carbocycles. The fraction of sp³-hybridized carbons (Fsp3) is 0. The van der Waals surface area contributed by atoms with Gasteiger partial charge in [0.1, 0.15) is 22.3 Å². The highest BCUT2D eigenvalue weighted by Gasteiger charge is 2.18. The van der Waals surface area contributed by atoms with E-state index in [-0.39, 0.29) is 45.7 Å². The van der Waals surface area contributed by atoms with Crippen LogP contribution in [0.15, 0.2) is 142 Å². The van der Waals surface area contributed by atoms with Gasteiger partial charge in [0, 0.05) is 21.5 Å². The van der Waals surface area contributed by atoms with Gasteiger partial charge >= 0.3 is 0 Å². The molecule has 0 spiro atoms. The first-order valence-corrected chi connectivity index (χ1v) is 12.9. The second kappa shape index (κ2) is 8.08. The van der Waals surface area contributed by atoms with E-state index in [9.17, 15) is 5.48 Å². The van der Waals surface area contributed by atoms with Crippen LogP contribution >= 0.6 is 0 Å². The molecule has 2 heterocycles. The summed E-state index contributed by atoms with van der Waals surface area (Å²) in [5, 5.41) is 3.90. The van der Waals surface area contributed by atoms with Gasteiger partial charge in [-0.2, -0.15) is 0 Å². The van der Waals surface area contributed by atoms with Crippen molar-refractivity contribution in [3.8, 4) is 22.3 Å². The summed E-state index contributed by atoms with van der Waals surface area (Å²) in [6.07, 6.45) is 0. The Morgan fingerprint density at radius 3 is 1.18 bits per heavy atom. The van der Waals surface area contributed by atoms with Crippen LogP contribution in [0.3, 0.4) is 0 Å². The van der Waals surface area contributed by atoms with Gasteiger partial charge in [0.25, 0.3) is 0 Å². The number of rotatable bonds is 2. The lowest BCUT2D eigenvalue weighted by molar-refractivity contribution is 0.668. The summed E-state index contributed by atoms with van der Waals surface area (Å²) < 4.78 is 83.8. The molecule has 0 radical (unpaired) electrons. The van der Waals surface area contributed by atoms with Gasteiger partial charge in [-0.3, -0.25) is 0 Å². The fourth-order valence-electron chi connectivity index (χ4n) is 5.97. The third-order valence-corrected chi connectivity index (χ3v) is 7.71. The largest absolute Gasteiger partial charge is 0.456 e. The van der Waals surface area contributed by atoms with Crippen LogP contribution < -0.4 is 0 Å².